The molecule has 1 unspecified atom stereocenters. The van der Waals surface area contributed by atoms with Gasteiger partial charge in [0.2, 0.25) is 0 Å². The van der Waals surface area contributed by atoms with Crippen molar-refractivity contribution in [3.05, 3.63) is 65.0 Å². The molecule has 0 spiro atoms. The van der Waals surface area contributed by atoms with E-state index >= 15 is 0 Å². The van der Waals surface area contributed by atoms with E-state index in [1.165, 1.54) is 12.1 Å². The second-order valence-electron chi connectivity index (χ2n) is 4.69. The first-order chi connectivity index (χ1) is 9.50. The van der Waals surface area contributed by atoms with E-state index in [4.69, 9.17) is 0 Å². The van der Waals surface area contributed by atoms with E-state index in [9.17, 15) is 14.3 Å². The molecular weight excluding hydrogens is 257 g/mol. The molecule has 2 N–H and O–H groups in total. The third kappa shape index (κ3) is 2.79. The summed E-state index contributed by atoms with van der Waals surface area (Å²) < 4.78 is 13.7. The van der Waals surface area contributed by atoms with Gasteiger partial charge in [0.1, 0.15) is 5.82 Å². The molecule has 0 heterocycles. The fraction of sp³-hybridized carbons (Fsp3) is 0.188. The molecule has 0 aliphatic carbocycles. The van der Waals surface area contributed by atoms with E-state index in [0.717, 1.165) is 5.56 Å². The Kier molecular flexibility index (Phi) is 4.03. The van der Waals surface area contributed by atoms with Crippen LogP contribution in [-0.2, 0) is 0 Å². The van der Waals surface area contributed by atoms with Crippen LogP contribution < -0.4 is 5.32 Å². The third-order valence-corrected chi connectivity index (χ3v) is 3.24. The van der Waals surface area contributed by atoms with Gasteiger partial charge < -0.3 is 10.4 Å². The standard InChI is InChI=1S/C16H16FNO2/c1-10-6-5-8-13(16(19)20)15(10)18-11(2)12-7-3-4-9-14(12)17/h3-9,11,18H,1-2H3,(H,19,20). The number of carbonyl (C=O) groups is 1. The highest BCUT2D eigenvalue weighted by molar-refractivity contribution is 5.95. The summed E-state index contributed by atoms with van der Waals surface area (Å²) in [5.74, 6) is -1.31. The van der Waals surface area contributed by atoms with Crippen molar-refractivity contribution in [3.63, 3.8) is 0 Å². The van der Waals surface area contributed by atoms with E-state index in [0.29, 0.717) is 11.3 Å². The number of aromatic carboxylic acids is 1. The van der Waals surface area contributed by atoms with Crippen molar-refractivity contribution in [1.29, 1.82) is 0 Å². The van der Waals surface area contributed by atoms with Crippen molar-refractivity contribution >= 4 is 11.7 Å². The second-order valence-corrected chi connectivity index (χ2v) is 4.69. The Morgan fingerprint density at radius 3 is 2.55 bits per heavy atom. The maximum Gasteiger partial charge on any atom is 0.337 e. The number of anilines is 1. The van der Waals surface area contributed by atoms with Gasteiger partial charge in [0.25, 0.3) is 0 Å². The molecule has 1 atom stereocenters. The van der Waals surface area contributed by atoms with Crippen LogP contribution in [0.15, 0.2) is 42.5 Å². The molecule has 0 bridgehead atoms. The summed E-state index contributed by atoms with van der Waals surface area (Å²) in [5, 5.41) is 12.3. The first-order valence-electron chi connectivity index (χ1n) is 6.34. The number of halogens is 1. The molecular formula is C16H16FNO2. The van der Waals surface area contributed by atoms with Gasteiger partial charge in [0, 0.05) is 5.56 Å². The van der Waals surface area contributed by atoms with Crippen LogP contribution in [0.3, 0.4) is 0 Å². The average Bonchev–Trinajstić information content (AvgIpc) is 2.41. The zero-order chi connectivity index (χ0) is 14.7. The van der Waals surface area contributed by atoms with Gasteiger partial charge in [-0.05, 0) is 31.5 Å². The molecule has 4 heteroatoms. The summed E-state index contributed by atoms with van der Waals surface area (Å²) >= 11 is 0. The Hall–Kier alpha value is -2.36. The largest absolute Gasteiger partial charge is 0.478 e. The van der Waals surface area contributed by atoms with Crippen LogP contribution in [-0.4, -0.2) is 11.1 Å². The van der Waals surface area contributed by atoms with Crippen LogP contribution in [0.2, 0.25) is 0 Å². The van der Waals surface area contributed by atoms with Crippen molar-refractivity contribution in [2.24, 2.45) is 0 Å². The van der Waals surface area contributed by atoms with E-state index in [1.807, 2.05) is 13.0 Å². The molecule has 2 aromatic carbocycles. The van der Waals surface area contributed by atoms with E-state index in [1.54, 1.807) is 31.2 Å². The highest BCUT2D eigenvalue weighted by Gasteiger charge is 2.16. The molecule has 0 aliphatic rings. The molecule has 0 amide bonds. The average molecular weight is 273 g/mol. The number of carboxylic acids is 1. The van der Waals surface area contributed by atoms with E-state index in [2.05, 4.69) is 5.32 Å². The molecule has 0 saturated heterocycles. The Morgan fingerprint density at radius 1 is 1.20 bits per heavy atom. The Morgan fingerprint density at radius 2 is 1.90 bits per heavy atom. The van der Waals surface area contributed by atoms with Crippen molar-refractivity contribution < 1.29 is 14.3 Å². The summed E-state index contributed by atoms with van der Waals surface area (Å²) in [5.41, 5.74) is 2.03. The zero-order valence-corrected chi connectivity index (χ0v) is 11.4. The highest BCUT2D eigenvalue weighted by Crippen LogP contribution is 2.27. The summed E-state index contributed by atoms with van der Waals surface area (Å²) in [6.07, 6.45) is 0. The third-order valence-electron chi connectivity index (χ3n) is 3.24. The van der Waals surface area contributed by atoms with Gasteiger partial charge in [0.15, 0.2) is 0 Å². The Balaban J connectivity index is 2.35. The van der Waals surface area contributed by atoms with E-state index in [-0.39, 0.29) is 17.4 Å². The molecule has 3 nitrogen and oxygen atoms in total. The van der Waals surface area contributed by atoms with Crippen LogP contribution in [0, 0.1) is 12.7 Å². The molecule has 2 rings (SSSR count). The van der Waals surface area contributed by atoms with Gasteiger partial charge in [-0.15, -0.1) is 0 Å². The number of para-hydroxylation sites is 1. The van der Waals surface area contributed by atoms with Gasteiger partial charge in [-0.1, -0.05) is 30.3 Å². The lowest BCUT2D eigenvalue weighted by Gasteiger charge is -2.19. The maximum atomic E-state index is 13.7. The SMILES string of the molecule is Cc1cccc(C(=O)O)c1NC(C)c1ccccc1F. The predicted octanol–water partition coefficient (Wildman–Crippen LogP) is 4.01. The minimum Gasteiger partial charge on any atom is -0.478 e. The molecule has 0 fully saturated rings. The van der Waals surface area contributed by atoms with Gasteiger partial charge in [-0.2, -0.15) is 0 Å². The van der Waals surface area contributed by atoms with Gasteiger partial charge in [-0.3, -0.25) is 0 Å². The van der Waals surface area contributed by atoms with Crippen LogP contribution >= 0.6 is 0 Å². The fourth-order valence-corrected chi connectivity index (χ4v) is 2.16. The number of carboxylic acid groups (broad SMARTS) is 1. The van der Waals surface area contributed by atoms with Crippen LogP contribution in [0.25, 0.3) is 0 Å². The smallest absolute Gasteiger partial charge is 0.337 e. The van der Waals surface area contributed by atoms with Gasteiger partial charge in [0.05, 0.1) is 17.3 Å². The minimum atomic E-state index is -1.00. The maximum absolute atomic E-state index is 13.7. The van der Waals surface area contributed by atoms with Crippen molar-refractivity contribution in [2.75, 3.05) is 5.32 Å². The van der Waals surface area contributed by atoms with Gasteiger partial charge in [-0.25, -0.2) is 9.18 Å². The summed E-state index contributed by atoms with van der Waals surface area (Å²) in [6, 6.07) is 11.2. The Bertz CT molecular complexity index is 640. The molecule has 20 heavy (non-hydrogen) atoms. The van der Waals surface area contributed by atoms with Crippen LogP contribution in [0.4, 0.5) is 10.1 Å². The molecule has 0 saturated carbocycles. The molecule has 0 aliphatic heterocycles. The number of hydrogen-bond acceptors (Lipinski definition) is 2. The lowest BCUT2D eigenvalue weighted by atomic mass is 10.0. The second kappa shape index (κ2) is 5.74. The zero-order valence-electron chi connectivity index (χ0n) is 11.4. The topological polar surface area (TPSA) is 49.3 Å². The number of nitrogens with one attached hydrogen (secondary N) is 1. The quantitative estimate of drug-likeness (QED) is 0.885. The first-order valence-corrected chi connectivity index (χ1v) is 6.34. The van der Waals surface area contributed by atoms with E-state index < -0.39 is 5.97 Å². The molecule has 2 aromatic rings. The molecule has 0 aromatic heterocycles. The van der Waals surface area contributed by atoms with Crippen molar-refractivity contribution in [1.82, 2.24) is 0 Å². The lowest BCUT2D eigenvalue weighted by molar-refractivity contribution is 0.0698. The van der Waals surface area contributed by atoms with Gasteiger partial charge >= 0.3 is 5.97 Å². The molecule has 0 radical (unpaired) electrons. The summed E-state index contributed by atoms with van der Waals surface area (Å²) in [4.78, 5) is 11.2. The first kappa shape index (κ1) is 14.1. The minimum absolute atomic E-state index is 0.188. The van der Waals surface area contributed by atoms with Crippen LogP contribution in [0.5, 0.6) is 0 Å². The summed E-state index contributed by atoms with van der Waals surface area (Å²) in [6.45, 7) is 3.62. The number of aryl methyl sites for hydroxylation is 1. The Labute approximate surface area is 117 Å². The fourth-order valence-electron chi connectivity index (χ4n) is 2.16. The summed E-state index contributed by atoms with van der Waals surface area (Å²) in [7, 11) is 0. The normalized spacial score (nSPS) is 11.9. The number of rotatable bonds is 4. The van der Waals surface area contributed by atoms with Crippen molar-refractivity contribution in [2.45, 2.75) is 19.9 Å². The highest BCUT2D eigenvalue weighted by atomic mass is 19.1. The predicted molar refractivity (Wildman–Crippen MR) is 76.6 cm³/mol. The molecule has 104 valence electrons. The number of benzene rings is 2. The lowest BCUT2D eigenvalue weighted by Crippen LogP contribution is -2.13. The monoisotopic (exact) mass is 273 g/mol. The van der Waals surface area contributed by atoms with Crippen LogP contribution in [0.1, 0.15) is 34.5 Å². The van der Waals surface area contributed by atoms with Crippen molar-refractivity contribution in [3.8, 4) is 0 Å². The number of hydrogen-bond donors (Lipinski definition) is 2.